The van der Waals surface area contributed by atoms with Gasteiger partial charge in [0.2, 0.25) is 5.88 Å². The van der Waals surface area contributed by atoms with Gasteiger partial charge in [0.15, 0.2) is 0 Å². The minimum absolute atomic E-state index is 0.0117. The van der Waals surface area contributed by atoms with Crippen LogP contribution < -0.4 is 5.73 Å². The van der Waals surface area contributed by atoms with E-state index in [9.17, 15) is 10.1 Å². The van der Waals surface area contributed by atoms with Crippen LogP contribution in [0.2, 0.25) is 5.02 Å². The number of hydrogen-bond donors (Lipinski definition) is 1. The molecule has 0 saturated heterocycles. The van der Waals surface area contributed by atoms with Crippen molar-refractivity contribution in [2.24, 2.45) is 5.73 Å². The predicted molar refractivity (Wildman–Crippen MR) is 86.1 cm³/mol. The molecule has 0 spiro atoms. The second-order valence-corrected chi connectivity index (χ2v) is 5.26. The van der Waals surface area contributed by atoms with Crippen LogP contribution in [0.4, 0.5) is 0 Å². The molecule has 1 aliphatic heterocycles. The van der Waals surface area contributed by atoms with Gasteiger partial charge in [-0.25, -0.2) is 4.79 Å². The average molecular weight is 333 g/mol. The van der Waals surface area contributed by atoms with Crippen LogP contribution in [0.5, 0.6) is 0 Å². The van der Waals surface area contributed by atoms with Crippen LogP contribution in [0, 0.1) is 11.3 Å². The molecule has 0 saturated carbocycles. The van der Waals surface area contributed by atoms with Crippen molar-refractivity contribution < 1.29 is 14.3 Å². The molecule has 1 heterocycles. The topological polar surface area (TPSA) is 85.3 Å². The Balaban J connectivity index is 2.69. The van der Waals surface area contributed by atoms with E-state index in [1.54, 1.807) is 31.2 Å². The van der Waals surface area contributed by atoms with E-state index in [2.05, 4.69) is 0 Å². The highest BCUT2D eigenvalue weighted by Gasteiger charge is 2.37. The fraction of sp³-hybridized carbons (Fsp3) is 0.294. The molecule has 1 aromatic rings. The number of carbonyl (C=O) groups excluding carboxylic acids is 1. The van der Waals surface area contributed by atoms with Gasteiger partial charge in [-0.2, -0.15) is 5.26 Å². The number of nitrogens with zero attached hydrogens (tertiary/aromatic N) is 1. The smallest absolute Gasteiger partial charge is 0.338 e. The van der Waals surface area contributed by atoms with Crippen LogP contribution in [0.1, 0.15) is 31.7 Å². The van der Waals surface area contributed by atoms with Gasteiger partial charge in [0, 0.05) is 11.4 Å². The minimum atomic E-state index is -0.698. The fourth-order valence-corrected chi connectivity index (χ4v) is 2.78. The lowest BCUT2D eigenvalue weighted by atomic mass is 9.82. The lowest BCUT2D eigenvalue weighted by Gasteiger charge is -2.28. The number of carbonyl (C=O) groups is 1. The summed E-state index contributed by atoms with van der Waals surface area (Å²) in [5, 5.41) is 9.93. The number of nitriles is 1. The second kappa shape index (κ2) is 7.21. The summed E-state index contributed by atoms with van der Waals surface area (Å²) in [5.41, 5.74) is 6.91. The van der Waals surface area contributed by atoms with Gasteiger partial charge in [0.25, 0.3) is 0 Å². The molecule has 1 aliphatic rings. The third kappa shape index (κ3) is 3.17. The number of halogens is 1. The number of ether oxygens (including phenoxy) is 2. The van der Waals surface area contributed by atoms with Crippen LogP contribution in [-0.4, -0.2) is 12.6 Å². The Bertz CT molecular complexity index is 732. The SMILES string of the molecule is CCOC(=O)C1=C(CC)OC(N)=C(C#N)C1c1ccccc1Cl. The van der Waals surface area contributed by atoms with Crippen molar-refractivity contribution in [3.05, 3.63) is 57.6 Å². The molecule has 0 bridgehead atoms. The molecule has 2 rings (SSSR count). The fourth-order valence-electron chi connectivity index (χ4n) is 2.53. The van der Waals surface area contributed by atoms with Crippen molar-refractivity contribution in [1.82, 2.24) is 0 Å². The first kappa shape index (κ1) is 16.9. The molecule has 0 aromatic heterocycles. The molecule has 1 aromatic carbocycles. The second-order valence-electron chi connectivity index (χ2n) is 4.86. The van der Waals surface area contributed by atoms with E-state index in [1.165, 1.54) is 0 Å². The van der Waals surface area contributed by atoms with Crippen LogP contribution >= 0.6 is 11.6 Å². The molecule has 2 N–H and O–H groups in total. The molecule has 5 nitrogen and oxygen atoms in total. The Morgan fingerprint density at radius 1 is 1.43 bits per heavy atom. The van der Waals surface area contributed by atoms with E-state index in [-0.39, 0.29) is 23.6 Å². The quantitative estimate of drug-likeness (QED) is 0.854. The maximum Gasteiger partial charge on any atom is 0.338 e. The van der Waals surface area contributed by atoms with Crippen LogP contribution in [-0.2, 0) is 14.3 Å². The zero-order valence-corrected chi connectivity index (χ0v) is 13.7. The van der Waals surface area contributed by atoms with Gasteiger partial charge in [0.05, 0.1) is 18.1 Å². The molecule has 120 valence electrons. The van der Waals surface area contributed by atoms with E-state index in [0.717, 1.165) is 0 Å². The monoisotopic (exact) mass is 332 g/mol. The molecular formula is C17H17ClN2O3. The van der Waals surface area contributed by atoms with Gasteiger partial charge in [-0.1, -0.05) is 36.7 Å². The number of hydrogen-bond acceptors (Lipinski definition) is 5. The molecule has 23 heavy (non-hydrogen) atoms. The van der Waals surface area contributed by atoms with Crippen LogP contribution in [0.3, 0.4) is 0 Å². The average Bonchev–Trinajstić information content (AvgIpc) is 2.54. The zero-order valence-electron chi connectivity index (χ0n) is 12.9. The molecule has 0 amide bonds. The van der Waals surface area contributed by atoms with Crippen molar-refractivity contribution in [3.8, 4) is 6.07 Å². The molecule has 6 heteroatoms. The van der Waals surface area contributed by atoms with E-state index in [0.29, 0.717) is 22.8 Å². The lowest BCUT2D eigenvalue weighted by molar-refractivity contribution is -0.139. The highest BCUT2D eigenvalue weighted by atomic mass is 35.5. The zero-order chi connectivity index (χ0) is 17.0. The summed E-state index contributed by atoms with van der Waals surface area (Å²) in [4.78, 5) is 12.5. The van der Waals surface area contributed by atoms with E-state index in [4.69, 9.17) is 26.8 Å². The summed E-state index contributed by atoms with van der Waals surface area (Å²) in [5.74, 6) is -0.849. The first-order valence-corrected chi connectivity index (χ1v) is 7.65. The van der Waals surface area contributed by atoms with Gasteiger partial charge in [0.1, 0.15) is 17.4 Å². The van der Waals surface area contributed by atoms with Gasteiger partial charge in [-0.15, -0.1) is 0 Å². The molecule has 0 aliphatic carbocycles. The van der Waals surface area contributed by atoms with Gasteiger partial charge < -0.3 is 15.2 Å². The third-order valence-corrected chi connectivity index (χ3v) is 3.87. The van der Waals surface area contributed by atoms with Crippen molar-refractivity contribution in [2.75, 3.05) is 6.61 Å². The van der Waals surface area contributed by atoms with Crippen molar-refractivity contribution in [3.63, 3.8) is 0 Å². The molecular weight excluding hydrogens is 316 g/mol. The number of esters is 1. The summed E-state index contributed by atoms with van der Waals surface area (Å²) in [7, 11) is 0. The highest BCUT2D eigenvalue weighted by molar-refractivity contribution is 6.31. The Labute approximate surface area is 139 Å². The van der Waals surface area contributed by atoms with E-state index >= 15 is 0 Å². The van der Waals surface area contributed by atoms with E-state index in [1.807, 2.05) is 13.0 Å². The largest absolute Gasteiger partial charge is 0.463 e. The maximum absolute atomic E-state index is 12.5. The number of benzene rings is 1. The standard InChI is InChI=1S/C17H17ClN2O3/c1-3-13-15(17(21)22-4-2)14(11(9-19)16(20)23-13)10-7-5-6-8-12(10)18/h5-8,14H,3-4,20H2,1-2H3. The molecule has 1 atom stereocenters. The first-order chi connectivity index (χ1) is 11.0. The van der Waals surface area contributed by atoms with Crippen LogP contribution in [0.25, 0.3) is 0 Å². The minimum Gasteiger partial charge on any atom is -0.463 e. The molecule has 1 unspecified atom stereocenters. The first-order valence-electron chi connectivity index (χ1n) is 7.27. The Hall–Kier alpha value is -2.45. The van der Waals surface area contributed by atoms with Gasteiger partial charge >= 0.3 is 5.97 Å². The summed E-state index contributed by atoms with van der Waals surface area (Å²) < 4.78 is 10.6. The van der Waals surface area contributed by atoms with Crippen molar-refractivity contribution in [1.29, 1.82) is 5.26 Å². The summed E-state index contributed by atoms with van der Waals surface area (Å²) in [6.45, 7) is 3.77. The Kier molecular flexibility index (Phi) is 5.30. The molecule has 0 radical (unpaired) electrons. The van der Waals surface area contributed by atoms with Gasteiger partial charge in [-0.3, -0.25) is 0 Å². The van der Waals surface area contributed by atoms with Crippen molar-refractivity contribution in [2.45, 2.75) is 26.2 Å². The van der Waals surface area contributed by atoms with E-state index < -0.39 is 11.9 Å². The van der Waals surface area contributed by atoms with Crippen molar-refractivity contribution >= 4 is 17.6 Å². The third-order valence-electron chi connectivity index (χ3n) is 3.53. The van der Waals surface area contributed by atoms with Crippen LogP contribution in [0.15, 0.2) is 47.1 Å². The summed E-state index contributed by atoms with van der Waals surface area (Å²) in [6, 6.07) is 9.05. The lowest BCUT2D eigenvalue weighted by Crippen LogP contribution is -2.26. The van der Waals surface area contributed by atoms with Gasteiger partial charge in [-0.05, 0) is 18.6 Å². The normalized spacial score (nSPS) is 17.6. The Morgan fingerprint density at radius 3 is 2.70 bits per heavy atom. The number of rotatable bonds is 4. The summed E-state index contributed by atoms with van der Waals surface area (Å²) >= 11 is 6.28. The molecule has 0 fully saturated rings. The maximum atomic E-state index is 12.5. The number of nitrogens with two attached hydrogens (primary N) is 1. The Morgan fingerprint density at radius 2 is 2.13 bits per heavy atom. The highest BCUT2D eigenvalue weighted by Crippen LogP contribution is 2.42. The predicted octanol–water partition coefficient (Wildman–Crippen LogP) is 3.37. The number of allylic oxidation sites excluding steroid dienone is 2. The summed E-state index contributed by atoms with van der Waals surface area (Å²) in [6.07, 6.45) is 0.439.